The number of para-hydroxylation sites is 3. The van der Waals surface area contributed by atoms with Crippen molar-refractivity contribution < 1.29 is 13.2 Å². The Morgan fingerprint density at radius 3 is 1.45 bits per heavy atom. The first kappa shape index (κ1) is 34.3. The fourth-order valence-electron chi connectivity index (χ4n) is 7.30. The highest BCUT2D eigenvalue weighted by molar-refractivity contribution is 6.08. The lowest BCUT2D eigenvalue weighted by Crippen LogP contribution is -2.29. The minimum Gasteiger partial charge on any atom is -0.259 e. The Bertz CT molecular complexity index is 2340. The molecule has 9 heteroatoms. The highest BCUT2D eigenvalue weighted by Crippen LogP contribution is 2.38. The zero-order chi connectivity index (χ0) is 36.4. The highest BCUT2D eigenvalue weighted by atomic mass is 19.4. The van der Waals surface area contributed by atoms with Crippen molar-refractivity contribution in [3.63, 3.8) is 0 Å². The van der Waals surface area contributed by atoms with E-state index < -0.39 is 11.7 Å². The van der Waals surface area contributed by atoms with Crippen molar-refractivity contribution in [1.29, 1.82) is 0 Å². The SMILES string of the molecule is CC(C)c1cccc(C(C)C)c1-n1c(=Nn2c3ccccc3c3cc(C(F)(F)F)ccc32)n(-c2c(C(C)C)cccc2C(C)C)c2nccnc21. The fourth-order valence-corrected chi connectivity index (χ4v) is 7.30. The molecule has 0 unspecified atom stereocenters. The van der Waals surface area contributed by atoms with E-state index in [1.807, 2.05) is 24.3 Å². The standard InChI is InChI=1S/C42H43F3N6/c1-24(2)29-14-11-15-30(25(3)4)37(29)49-39-40(47-22-21-46-39)50(38-31(26(5)6)16-12-17-32(38)27(7)8)41(49)48-51-35-18-10-9-13-33(35)34-23-28(42(43,44)45)19-20-36(34)51/h9-27H,1-8H3. The van der Waals surface area contributed by atoms with Crippen LogP contribution in [0.3, 0.4) is 0 Å². The molecule has 0 fully saturated rings. The van der Waals surface area contributed by atoms with Crippen LogP contribution < -0.4 is 5.62 Å². The Balaban J connectivity index is 1.77. The van der Waals surface area contributed by atoms with Crippen molar-refractivity contribution in [2.24, 2.45) is 5.10 Å². The molecule has 0 aliphatic carbocycles. The van der Waals surface area contributed by atoms with Crippen molar-refractivity contribution in [2.45, 2.75) is 85.2 Å². The minimum absolute atomic E-state index is 0.164. The first-order valence-electron chi connectivity index (χ1n) is 17.7. The second-order valence-electron chi connectivity index (χ2n) is 14.5. The van der Waals surface area contributed by atoms with Crippen molar-refractivity contribution in [3.8, 4) is 11.4 Å². The van der Waals surface area contributed by atoms with E-state index in [1.165, 1.54) is 12.1 Å². The minimum atomic E-state index is -4.48. The number of rotatable bonds is 7. The summed E-state index contributed by atoms with van der Waals surface area (Å²) in [7, 11) is 0. The lowest BCUT2D eigenvalue weighted by atomic mass is 9.92. The molecule has 0 saturated heterocycles. The van der Waals surface area contributed by atoms with Crippen LogP contribution in [0.15, 0.2) is 96.4 Å². The van der Waals surface area contributed by atoms with Gasteiger partial charge in [-0.15, -0.1) is 5.10 Å². The van der Waals surface area contributed by atoms with Crippen molar-refractivity contribution in [1.82, 2.24) is 23.8 Å². The highest BCUT2D eigenvalue weighted by Gasteiger charge is 2.32. The van der Waals surface area contributed by atoms with Crippen molar-refractivity contribution in [2.75, 3.05) is 0 Å². The van der Waals surface area contributed by atoms with E-state index in [2.05, 4.69) is 101 Å². The van der Waals surface area contributed by atoms with E-state index in [0.29, 0.717) is 38.7 Å². The zero-order valence-corrected chi connectivity index (χ0v) is 30.3. The molecular formula is C42H43F3N6. The van der Waals surface area contributed by atoms with Crippen LogP contribution in [0, 0.1) is 0 Å². The van der Waals surface area contributed by atoms with Crippen LogP contribution in [-0.2, 0) is 6.18 Å². The number of hydrogen-bond acceptors (Lipinski definition) is 3. The molecule has 3 aromatic heterocycles. The first-order valence-corrected chi connectivity index (χ1v) is 17.7. The summed E-state index contributed by atoms with van der Waals surface area (Å²) in [5.74, 6) is 0.657. The van der Waals surface area contributed by atoms with Crippen molar-refractivity contribution in [3.05, 3.63) is 125 Å². The molecule has 262 valence electrons. The predicted octanol–water partition coefficient (Wildman–Crippen LogP) is 11.2. The van der Waals surface area contributed by atoms with Gasteiger partial charge in [-0.3, -0.25) is 9.13 Å². The van der Waals surface area contributed by atoms with Gasteiger partial charge in [0.15, 0.2) is 11.3 Å². The van der Waals surface area contributed by atoms with Gasteiger partial charge >= 0.3 is 6.18 Å². The number of nitrogens with zero attached hydrogens (tertiary/aromatic N) is 6. The Morgan fingerprint density at radius 2 is 1.00 bits per heavy atom. The monoisotopic (exact) mass is 688 g/mol. The van der Waals surface area contributed by atoms with Crippen LogP contribution in [0.1, 0.15) is 107 Å². The Morgan fingerprint density at radius 1 is 0.549 bits per heavy atom. The van der Waals surface area contributed by atoms with Gasteiger partial charge in [-0.25, -0.2) is 14.6 Å². The smallest absolute Gasteiger partial charge is 0.259 e. The van der Waals surface area contributed by atoms with Gasteiger partial charge in [0.2, 0.25) is 5.62 Å². The maximum absolute atomic E-state index is 14.0. The van der Waals surface area contributed by atoms with Gasteiger partial charge in [0, 0.05) is 23.2 Å². The van der Waals surface area contributed by atoms with Gasteiger partial charge in [0.25, 0.3) is 0 Å². The molecule has 0 atom stereocenters. The Labute approximate surface area is 295 Å². The van der Waals surface area contributed by atoms with E-state index in [-0.39, 0.29) is 23.7 Å². The topological polar surface area (TPSA) is 52.9 Å². The summed E-state index contributed by atoms with van der Waals surface area (Å²) < 4.78 is 48.1. The molecule has 6 nitrogen and oxygen atoms in total. The summed E-state index contributed by atoms with van der Waals surface area (Å²) >= 11 is 0. The van der Waals surface area contributed by atoms with Crippen LogP contribution in [0.4, 0.5) is 13.2 Å². The largest absolute Gasteiger partial charge is 0.416 e. The maximum atomic E-state index is 14.0. The molecule has 0 spiro atoms. The summed E-state index contributed by atoms with van der Waals surface area (Å²) in [4.78, 5) is 9.98. The lowest BCUT2D eigenvalue weighted by molar-refractivity contribution is -0.137. The Hall–Kier alpha value is -5.18. The van der Waals surface area contributed by atoms with Gasteiger partial charge in [-0.1, -0.05) is 110 Å². The van der Waals surface area contributed by atoms with Gasteiger partial charge < -0.3 is 0 Å². The molecule has 0 bridgehead atoms. The third-order valence-corrected chi connectivity index (χ3v) is 9.78. The summed E-state index contributed by atoms with van der Waals surface area (Å²) in [6.45, 7) is 17.5. The average Bonchev–Trinajstić information content (AvgIpc) is 3.58. The van der Waals surface area contributed by atoms with E-state index >= 15 is 0 Å². The van der Waals surface area contributed by atoms with E-state index in [4.69, 9.17) is 15.1 Å². The molecular weight excluding hydrogens is 645 g/mol. The number of alkyl halides is 3. The molecule has 7 rings (SSSR count). The van der Waals surface area contributed by atoms with Gasteiger partial charge in [0.05, 0.1) is 28.0 Å². The Kier molecular flexibility index (Phi) is 8.64. The molecule has 0 aliphatic rings. The first-order chi connectivity index (χ1) is 24.3. The van der Waals surface area contributed by atoms with Crippen molar-refractivity contribution >= 4 is 33.1 Å². The van der Waals surface area contributed by atoms with Gasteiger partial charge in [0.1, 0.15) is 0 Å². The third-order valence-electron chi connectivity index (χ3n) is 9.78. The fraction of sp³-hybridized carbons (Fsp3) is 0.310. The number of aromatic nitrogens is 5. The quantitative estimate of drug-likeness (QED) is 0.167. The molecule has 3 heterocycles. The van der Waals surface area contributed by atoms with E-state index in [0.717, 1.165) is 39.7 Å². The summed E-state index contributed by atoms with van der Waals surface area (Å²) in [5.41, 5.74) is 8.87. The van der Waals surface area contributed by atoms with Crippen LogP contribution in [0.25, 0.3) is 44.5 Å². The maximum Gasteiger partial charge on any atom is 0.416 e. The number of halogens is 3. The van der Waals surface area contributed by atoms with Crippen LogP contribution in [0.2, 0.25) is 0 Å². The predicted molar refractivity (Wildman–Crippen MR) is 200 cm³/mol. The van der Waals surface area contributed by atoms with Crippen LogP contribution in [-0.4, -0.2) is 23.8 Å². The van der Waals surface area contributed by atoms with Crippen LogP contribution >= 0.6 is 0 Å². The van der Waals surface area contributed by atoms with E-state index in [1.54, 1.807) is 17.1 Å². The number of hydrogen-bond donors (Lipinski definition) is 0. The number of imidazole rings is 1. The molecule has 0 amide bonds. The average molecular weight is 689 g/mol. The summed E-state index contributed by atoms with van der Waals surface area (Å²) in [5, 5.41) is 6.68. The third kappa shape index (κ3) is 5.72. The van der Waals surface area contributed by atoms with Gasteiger partial charge in [-0.05, 0) is 70.2 Å². The molecule has 0 N–H and O–H groups in total. The van der Waals surface area contributed by atoms with Gasteiger partial charge in [-0.2, -0.15) is 13.2 Å². The second-order valence-corrected chi connectivity index (χ2v) is 14.5. The van der Waals surface area contributed by atoms with E-state index in [9.17, 15) is 13.2 Å². The number of benzene rings is 4. The molecule has 0 saturated carbocycles. The molecule has 7 aromatic rings. The number of fused-ring (bicyclic) bond motifs is 4. The second kappa shape index (κ2) is 12.9. The molecule has 0 aliphatic heterocycles. The molecule has 51 heavy (non-hydrogen) atoms. The van der Waals surface area contributed by atoms with Crippen LogP contribution in [0.5, 0.6) is 0 Å². The lowest BCUT2D eigenvalue weighted by Gasteiger charge is -2.22. The summed E-state index contributed by atoms with van der Waals surface area (Å²) in [6.07, 6.45) is -1.07. The zero-order valence-electron chi connectivity index (χ0n) is 30.3. The normalized spacial score (nSPS) is 12.5. The molecule has 0 radical (unpaired) electrons. The summed E-state index contributed by atoms with van der Waals surface area (Å²) in [6, 6.07) is 24.2. The molecule has 4 aromatic carbocycles.